The minimum absolute atomic E-state index is 0.00171. The van der Waals surface area contributed by atoms with Crippen molar-refractivity contribution in [2.75, 3.05) is 18.1 Å². The molecule has 1 aromatic carbocycles. The van der Waals surface area contributed by atoms with Gasteiger partial charge in [0.05, 0.1) is 16.8 Å². The zero-order valence-electron chi connectivity index (χ0n) is 18.1. The third-order valence-corrected chi connectivity index (χ3v) is 5.79. The number of nitrogen functional groups attached to an aromatic ring is 1. The summed E-state index contributed by atoms with van der Waals surface area (Å²) in [6, 6.07) is 3.17. The topological polar surface area (TPSA) is 128 Å². The van der Waals surface area contributed by atoms with Gasteiger partial charge < -0.3 is 16.4 Å². The number of benzene rings is 1. The summed E-state index contributed by atoms with van der Waals surface area (Å²) in [5.74, 6) is -7.83. The van der Waals surface area contributed by atoms with Crippen molar-refractivity contribution in [2.45, 2.75) is 37.3 Å². The highest BCUT2D eigenvalue weighted by Gasteiger charge is 2.56. The van der Waals surface area contributed by atoms with Gasteiger partial charge >= 0.3 is 12.1 Å². The minimum Gasteiger partial charge on any atom is -0.383 e. The van der Waals surface area contributed by atoms with E-state index in [9.17, 15) is 35.9 Å². The number of nitrogens with two attached hydrogens (primary N) is 1. The summed E-state index contributed by atoms with van der Waals surface area (Å²) in [5, 5.41) is 8.78. The second kappa shape index (κ2) is 7.81. The van der Waals surface area contributed by atoms with E-state index in [1.807, 2.05) is 0 Å². The molecule has 4 N–H and O–H groups in total. The third-order valence-electron chi connectivity index (χ3n) is 5.79. The van der Waals surface area contributed by atoms with E-state index >= 15 is 0 Å². The second-order valence-corrected chi connectivity index (χ2v) is 8.01. The maximum absolute atomic E-state index is 13.9. The van der Waals surface area contributed by atoms with Gasteiger partial charge in [0.25, 0.3) is 5.95 Å². The number of rotatable bonds is 5. The predicted molar refractivity (Wildman–Crippen MR) is 110 cm³/mol. The molecule has 15 heteroatoms. The van der Waals surface area contributed by atoms with Gasteiger partial charge in [0.1, 0.15) is 17.5 Å². The van der Waals surface area contributed by atoms with E-state index in [0.29, 0.717) is 0 Å². The molecule has 0 saturated carbocycles. The number of nitrogens with zero attached hydrogens (tertiary/aromatic N) is 4. The molecule has 4 rings (SSSR count). The Morgan fingerprint density at radius 3 is 2.54 bits per heavy atom. The van der Waals surface area contributed by atoms with E-state index in [2.05, 4.69) is 25.7 Å². The van der Waals surface area contributed by atoms with Crippen LogP contribution in [0.5, 0.6) is 0 Å². The number of aryl methyl sites for hydroxylation is 1. The molecule has 186 valence electrons. The number of likely N-dealkylation sites (N-methyl/N-ethyl adjacent to an activating group) is 1. The molecule has 1 unspecified atom stereocenters. The lowest BCUT2D eigenvalue weighted by molar-refractivity contribution is -0.284. The molecule has 35 heavy (non-hydrogen) atoms. The number of fused-ring (bicyclic) bond motifs is 2. The van der Waals surface area contributed by atoms with E-state index < -0.39 is 48.0 Å². The van der Waals surface area contributed by atoms with E-state index in [1.54, 1.807) is 0 Å². The van der Waals surface area contributed by atoms with Gasteiger partial charge in [-0.3, -0.25) is 9.59 Å². The number of anilines is 2. The van der Waals surface area contributed by atoms with Crippen LogP contribution in [0.15, 0.2) is 18.2 Å². The monoisotopic (exact) mass is 501 g/mol. The van der Waals surface area contributed by atoms with Crippen molar-refractivity contribution in [2.24, 2.45) is 0 Å². The first kappa shape index (κ1) is 24.2. The van der Waals surface area contributed by atoms with Crippen molar-refractivity contribution in [3.05, 3.63) is 35.3 Å². The van der Waals surface area contributed by atoms with E-state index in [-0.39, 0.29) is 39.7 Å². The third kappa shape index (κ3) is 3.70. The standard InChI is InChI=1S/C20H17F6N7O2/c1-18(15(34)28-2)12-13(27)29-17(31-14(12)30-16(18)35)33-11-4-3-8(21)7-9(11)10(32-33)5-6-19(22,23)20(24,25)26/h3-4,7H,5-6H2,1-2H3,(H,28,34)(H3,27,29,30,31,35). The minimum atomic E-state index is -5.76. The van der Waals surface area contributed by atoms with Crippen LogP contribution in [-0.2, 0) is 21.4 Å². The van der Waals surface area contributed by atoms with Gasteiger partial charge in [-0.05, 0) is 31.5 Å². The van der Waals surface area contributed by atoms with E-state index in [0.717, 1.165) is 16.8 Å². The number of carbonyl (C=O) groups excluding carboxylic acids is 2. The molecule has 1 aliphatic rings. The summed E-state index contributed by atoms with van der Waals surface area (Å²) >= 11 is 0. The van der Waals surface area contributed by atoms with Crippen LogP contribution in [0.2, 0.25) is 0 Å². The number of alkyl halides is 5. The lowest BCUT2D eigenvalue weighted by Gasteiger charge is -2.20. The number of nitrogens with one attached hydrogen (secondary N) is 2. The van der Waals surface area contributed by atoms with Crippen LogP contribution in [0.3, 0.4) is 0 Å². The summed E-state index contributed by atoms with van der Waals surface area (Å²) in [6.07, 6.45) is -8.22. The molecule has 0 fully saturated rings. The molecule has 1 atom stereocenters. The zero-order chi connectivity index (χ0) is 25.9. The number of halogens is 6. The molecule has 2 aromatic heterocycles. The van der Waals surface area contributed by atoms with E-state index in [1.165, 1.54) is 20.0 Å². The molecule has 0 radical (unpaired) electrons. The average molecular weight is 501 g/mol. The number of aromatic nitrogens is 4. The average Bonchev–Trinajstić information content (AvgIpc) is 3.25. The predicted octanol–water partition coefficient (Wildman–Crippen LogP) is 2.62. The molecule has 3 heterocycles. The van der Waals surface area contributed by atoms with Gasteiger partial charge in [0, 0.05) is 18.9 Å². The Morgan fingerprint density at radius 2 is 1.91 bits per heavy atom. The largest absolute Gasteiger partial charge is 0.453 e. The molecule has 0 saturated heterocycles. The Balaban J connectivity index is 1.82. The van der Waals surface area contributed by atoms with Gasteiger partial charge in [0.2, 0.25) is 11.8 Å². The summed E-state index contributed by atoms with van der Waals surface area (Å²) < 4.78 is 79.6. The number of hydrogen-bond donors (Lipinski definition) is 3. The molecular weight excluding hydrogens is 484 g/mol. The number of hydrogen-bond acceptors (Lipinski definition) is 6. The molecule has 3 aromatic rings. The van der Waals surface area contributed by atoms with Crippen molar-refractivity contribution in [1.82, 2.24) is 25.1 Å². The Hall–Kier alpha value is -3.91. The van der Waals surface area contributed by atoms with Gasteiger partial charge in [-0.15, -0.1) is 0 Å². The molecular formula is C20H17F6N7O2. The van der Waals surface area contributed by atoms with Crippen LogP contribution >= 0.6 is 0 Å². The van der Waals surface area contributed by atoms with Crippen molar-refractivity contribution >= 4 is 34.4 Å². The normalized spacial score (nSPS) is 18.0. The summed E-state index contributed by atoms with van der Waals surface area (Å²) in [5.41, 5.74) is 4.12. The molecule has 1 aliphatic heterocycles. The van der Waals surface area contributed by atoms with Crippen LogP contribution in [0.4, 0.5) is 38.0 Å². The Kier molecular flexibility index (Phi) is 5.41. The van der Waals surface area contributed by atoms with E-state index in [4.69, 9.17) is 5.73 Å². The molecule has 0 spiro atoms. The highest BCUT2D eigenvalue weighted by Crippen LogP contribution is 2.41. The quantitative estimate of drug-likeness (QED) is 0.364. The fraction of sp³-hybridized carbons (Fsp3) is 0.350. The lowest BCUT2D eigenvalue weighted by atomic mass is 9.83. The summed E-state index contributed by atoms with van der Waals surface area (Å²) in [6.45, 7) is 1.32. The van der Waals surface area contributed by atoms with Crippen LogP contribution < -0.4 is 16.4 Å². The van der Waals surface area contributed by atoms with Crippen LogP contribution in [-0.4, -0.2) is 50.7 Å². The van der Waals surface area contributed by atoms with Gasteiger partial charge in [-0.2, -0.15) is 41.7 Å². The first-order valence-corrected chi connectivity index (χ1v) is 10.0. The van der Waals surface area contributed by atoms with Crippen molar-refractivity contribution in [1.29, 1.82) is 0 Å². The van der Waals surface area contributed by atoms with Crippen molar-refractivity contribution < 1.29 is 35.9 Å². The Labute approximate surface area is 192 Å². The van der Waals surface area contributed by atoms with Crippen LogP contribution in [0.1, 0.15) is 24.6 Å². The summed E-state index contributed by atoms with van der Waals surface area (Å²) in [4.78, 5) is 33.1. The Bertz CT molecular complexity index is 1370. The van der Waals surface area contributed by atoms with Gasteiger partial charge in [-0.1, -0.05) is 0 Å². The number of carbonyl (C=O) groups is 2. The molecule has 0 aliphatic carbocycles. The lowest BCUT2D eigenvalue weighted by Crippen LogP contribution is -2.46. The SMILES string of the molecule is CNC(=O)C1(C)C(=O)Nc2nc(-n3nc(CCC(F)(F)C(F)(F)F)c4cc(F)ccc43)nc(N)c21. The van der Waals surface area contributed by atoms with Gasteiger partial charge in [-0.25, -0.2) is 4.39 Å². The second-order valence-electron chi connectivity index (χ2n) is 8.01. The molecule has 9 nitrogen and oxygen atoms in total. The molecule has 0 bridgehead atoms. The fourth-order valence-electron chi connectivity index (χ4n) is 3.86. The Morgan fingerprint density at radius 1 is 1.23 bits per heavy atom. The maximum Gasteiger partial charge on any atom is 0.453 e. The smallest absolute Gasteiger partial charge is 0.383 e. The van der Waals surface area contributed by atoms with Crippen molar-refractivity contribution in [3.63, 3.8) is 0 Å². The first-order chi connectivity index (χ1) is 16.2. The van der Waals surface area contributed by atoms with Crippen LogP contribution in [0.25, 0.3) is 16.9 Å². The van der Waals surface area contributed by atoms with Gasteiger partial charge in [0.15, 0.2) is 5.41 Å². The number of amides is 2. The maximum atomic E-state index is 13.9. The van der Waals surface area contributed by atoms with Crippen molar-refractivity contribution in [3.8, 4) is 5.95 Å². The highest BCUT2D eigenvalue weighted by molar-refractivity contribution is 6.20. The molecule has 2 amide bonds. The fourth-order valence-corrected chi connectivity index (χ4v) is 3.86. The van der Waals surface area contributed by atoms with Crippen LogP contribution in [0, 0.1) is 5.82 Å². The first-order valence-electron chi connectivity index (χ1n) is 10.0. The summed E-state index contributed by atoms with van der Waals surface area (Å²) in [7, 11) is 1.32. The highest BCUT2D eigenvalue weighted by atomic mass is 19.4. The zero-order valence-corrected chi connectivity index (χ0v) is 18.1.